The Balaban J connectivity index is 0.000000239. The van der Waals surface area contributed by atoms with Gasteiger partial charge in [0.15, 0.2) is 0 Å². The fourth-order valence-corrected chi connectivity index (χ4v) is 6.63. The van der Waals surface area contributed by atoms with Crippen LogP contribution in [0.4, 0.5) is 0 Å². The maximum absolute atomic E-state index is 3.06. The molecule has 6 aromatic rings. The third-order valence-electron chi connectivity index (χ3n) is 9.72. The van der Waals surface area contributed by atoms with Crippen molar-refractivity contribution in [1.82, 2.24) is 0 Å². The fourth-order valence-electron chi connectivity index (χ4n) is 6.63. The van der Waals surface area contributed by atoms with E-state index in [0.29, 0.717) is 0 Å². The summed E-state index contributed by atoms with van der Waals surface area (Å²) in [6, 6.07) is 38.8. The molecule has 0 unspecified atom stereocenters. The van der Waals surface area contributed by atoms with E-state index < -0.39 is 0 Å². The van der Waals surface area contributed by atoms with Crippen LogP contribution >= 0.6 is 0 Å². The zero-order valence-corrected chi connectivity index (χ0v) is 34.5. The molecule has 0 aromatic heterocycles. The van der Waals surface area contributed by atoms with Crippen molar-refractivity contribution in [2.45, 2.75) is 91.4 Å². The molecule has 0 nitrogen and oxygen atoms in total. The Hall–Kier alpha value is -2.80. The Bertz CT molecular complexity index is 1910. The summed E-state index contributed by atoms with van der Waals surface area (Å²) in [5.41, 5.74) is 12.8. The van der Waals surface area contributed by atoms with Gasteiger partial charge in [0.25, 0.3) is 0 Å². The van der Waals surface area contributed by atoms with Crippen LogP contribution in [0, 0.1) is 28.7 Å². The summed E-state index contributed by atoms with van der Waals surface area (Å²) in [4.78, 5) is 0. The second-order valence-electron chi connectivity index (χ2n) is 15.2. The molecule has 2 radical (unpaired) electrons. The van der Waals surface area contributed by atoms with Crippen molar-refractivity contribution in [3.05, 3.63) is 146 Å². The summed E-state index contributed by atoms with van der Waals surface area (Å²) >= 11 is 1.36. The predicted molar refractivity (Wildman–Crippen MR) is 212 cm³/mol. The van der Waals surface area contributed by atoms with E-state index in [1.165, 1.54) is 109 Å². The normalized spacial score (nSPS) is 12.9. The van der Waals surface area contributed by atoms with Crippen molar-refractivity contribution in [3.63, 3.8) is 0 Å². The molecule has 0 saturated heterocycles. The SMILES string of the molecule is CC(C)(C)c1ccc(-c2cccc3[cH-]c(C4CCC4)cc23)cc1.Cc1cc2c(-c3ccc(C(C)(C)C)cc3)ccc(C)c2[cH-]1.[CH3-].[CH3-].[Si]=[Zr]. The molecule has 1 aliphatic rings. The molecule has 6 aromatic carbocycles. The van der Waals surface area contributed by atoms with Gasteiger partial charge in [0.05, 0.1) is 0 Å². The summed E-state index contributed by atoms with van der Waals surface area (Å²) in [5.74, 6) is 0.804. The monoisotopic (exact) mass is 724 g/mol. The summed E-state index contributed by atoms with van der Waals surface area (Å²) in [6.07, 6.45) is 4.13. The van der Waals surface area contributed by atoms with E-state index in [0.717, 1.165) is 5.92 Å². The molecule has 48 heavy (non-hydrogen) atoms. The number of fused-ring (bicyclic) bond motifs is 2. The maximum atomic E-state index is 3.06. The first-order chi connectivity index (χ1) is 21.9. The van der Waals surface area contributed by atoms with Crippen molar-refractivity contribution < 1.29 is 23.3 Å². The van der Waals surface area contributed by atoms with E-state index in [1.807, 2.05) is 0 Å². The van der Waals surface area contributed by atoms with E-state index >= 15 is 0 Å². The zero-order chi connectivity index (χ0) is 33.2. The molecule has 2 heteroatoms. The summed E-state index contributed by atoms with van der Waals surface area (Å²) in [7, 11) is 0. The van der Waals surface area contributed by atoms with Gasteiger partial charge in [-0.1, -0.05) is 134 Å². The van der Waals surface area contributed by atoms with Crippen molar-refractivity contribution in [2.24, 2.45) is 0 Å². The molecule has 0 amide bonds. The van der Waals surface area contributed by atoms with Crippen molar-refractivity contribution >= 4 is 28.4 Å². The van der Waals surface area contributed by atoms with Crippen LogP contribution in [0.2, 0.25) is 0 Å². The van der Waals surface area contributed by atoms with Crippen molar-refractivity contribution in [2.75, 3.05) is 0 Å². The van der Waals surface area contributed by atoms with Crippen LogP contribution in [0.3, 0.4) is 0 Å². The minimum absolute atomic E-state index is 0. The molecule has 0 N–H and O–H groups in total. The first-order valence-electron chi connectivity index (χ1n) is 16.7. The van der Waals surface area contributed by atoms with E-state index in [1.54, 1.807) is 5.56 Å². The van der Waals surface area contributed by atoms with E-state index in [9.17, 15) is 0 Å². The van der Waals surface area contributed by atoms with Crippen molar-refractivity contribution in [1.29, 1.82) is 0 Å². The molecule has 0 heterocycles. The first-order valence-corrected chi connectivity index (χ1v) is 20.9. The zero-order valence-electron chi connectivity index (χ0n) is 31.0. The van der Waals surface area contributed by atoms with Crippen molar-refractivity contribution in [3.8, 4) is 22.3 Å². The number of hydrogen-bond acceptors (Lipinski definition) is 0. The Kier molecular flexibility index (Phi) is 13.4. The average Bonchev–Trinajstić information content (AvgIpc) is 3.61. The van der Waals surface area contributed by atoms with Gasteiger partial charge in [-0.05, 0) is 51.8 Å². The van der Waals surface area contributed by atoms with E-state index in [-0.39, 0.29) is 25.7 Å². The number of benzene rings is 4. The van der Waals surface area contributed by atoms with Gasteiger partial charge in [-0.15, -0.1) is 68.6 Å². The molecule has 0 spiro atoms. The van der Waals surface area contributed by atoms with Gasteiger partial charge in [-0.25, -0.2) is 0 Å². The molecule has 7 rings (SSSR count). The number of rotatable bonds is 3. The second-order valence-corrected chi connectivity index (χ2v) is 15.2. The topological polar surface area (TPSA) is 0 Å². The van der Waals surface area contributed by atoms with Crippen LogP contribution in [-0.4, -0.2) is 6.88 Å². The van der Waals surface area contributed by atoms with Crippen LogP contribution < -0.4 is 0 Å². The third kappa shape index (κ3) is 8.67. The summed E-state index contributed by atoms with van der Waals surface area (Å²) in [5, 5.41) is 5.56. The first kappa shape index (κ1) is 39.6. The Morgan fingerprint density at radius 3 is 1.62 bits per heavy atom. The van der Waals surface area contributed by atoms with Gasteiger partial charge in [0.2, 0.25) is 0 Å². The molecule has 0 aliphatic heterocycles. The molecule has 1 aliphatic carbocycles. The molecule has 1 fully saturated rings. The van der Waals surface area contributed by atoms with Crippen LogP contribution in [0.5, 0.6) is 0 Å². The molecular weight excluding hydrogens is 672 g/mol. The molecule has 0 atom stereocenters. The molecule has 250 valence electrons. The van der Waals surface area contributed by atoms with Crippen LogP contribution in [-0.2, 0) is 34.2 Å². The average molecular weight is 726 g/mol. The van der Waals surface area contributed by atoms with Crippen LogP contribution in [0.1, 0.15) is 94.5 Å². The Morgan fingerprint density at radius 1 is 0.625 bits per heavy atom. The van der Waals surface area contributed by atoms with Gasteiger partial charge in [0, 0.05) is 0 Å². The summed E-state index contributed by atoms with van der Waals surface area (Å²) < 4.78 is 0. The van der Waals surface area contributed by atoms with Gasteiger partial charge in [0.1, 0.15) is 0 Å². The Morgan fingerprint density at radius 2 is 1.15 bits per heavy atom. The second kappa shape index (κ2) is 16.3. The van der Waals surface area contributed by atoms with Gasteiger partial charge >= 0.3 is 30.2 Å². The third-order valence-corrected chi connectivity index (χ3v) is 9.72. The number of aryl methyl sites for hydroxylation is 2. The van der Waals surface area contributed by atoms with Gasteiger partial charge in [-0.2, -0.15) is 12.1 Å². The fraction of sp³-hybridized carbons (Fsp3) is 0.304. The van der Waals surface area contributed by atoms with Gasteiger partial charge in [-0.3, -0.25) is 0 Å². The van der Waals surface area contributed by atoms with Gasteiger partial charge < -0.3 is 14.9 Å². The quantitative estimate of drug-likeness (QED) is 0.126. The standard InChI is InChI=1S/C23H25.C21H23.2CH3.Si.Zr/c1-23(2,3)20-12-10-17(11-13-20)21-9-5-8-18-14-19(15-22(18)21)16-6-4-7-16;1-14-12-19-15(2)6-11-18(20(19)13-14)16-7-9-17(10-8-16)21(3,4)5;;;;/h5,8-16H,4,6-7H2,1-3H3;6-13H,1-5H3;2*1H3;;/q4*-1;;. The summed E-state index contributed by atoms with van der Waals surface area (Å²) in [6.45, 7) is 21.0. The minimum atomic E-state index is 0. The van der Waals surface area contributed by atoms with Crippen LogP contribution in [0.15, 0.2) is 103 Å². The molecule has 1 saturated carbocycles. The van der Waals surface area contributed by atoms with E-state index in [2.05, 4.69) is 165 Å². The predicted octanol–water partition coefficient (Wildman–Crippen LogP) is 13.4. The number of hydrogen-bond donors (Lipinski definition) is 0. The molecular formula is C46H54SiZr-4. The van der Waals surface area contributed by atoms with E-state index in [4.69, 9.17) is 0 Å². The van der Waals surface area contributed by atoms with Crippen LogP contribution in [0.25, 0.3) is 43.8 Å². The Labute approximate surface area is 309 Å². The molecule has 0 bridgehead atoms.